The molecule has 2 fully saturated rings. The molecule has 4 aromatic carbocycles. The quantitative estimate of drug-likeness (QED) is 0.287. The van der Waals surface area contributed by atoms with E-state index in [4.69, 9.17) is 0 Å². The van der Waals surface area contributed by atoms with E-state index in [9.17, 15) is 14.7 Å². The zero-order valence-electron chi connectivity index (χ0n) is 25.8. The number of hydrogen-bond donors (Lipinski definition) is 1. The summed E-state index contributed by atoms with van der Waals surface area (Å²) in [6.45, 7) is 0.872. The monoisotopic (exact) mass is 641 g/mol. The van der Waals surface area contributed by atoms with Crippen LogP contribution in [0.25, 0.3) is 10.8 Å². The normalized spacial score (nSPS) is 27.4. The molecule has 4 aliphatic rings. The van der Waals surface area contributed by atoms with Gasteiger partial charge in [0, 0.05) is 30.6 Å². The molecule has 2 saturated heterocycles. The zero-order chi connectivity index (χ0) is 32.1. The summed E-state index contributed by atoms with van der Waals surface area (Å²) < 4.78 is -0.993. The van der Waals surface area contributed by atoms with E-state index in [-0.39, 0.29) is 29.6 Å². The Labute approximate surface area is 278 Å². The van der Waals surface area contributed by atoms with Crippen LogP contribution in [0.3, 0.4) is 0 Å². The van der Waals surface area contributed by atoms with Gasteiger partial charge in [-0.2, -0.15) is 0 Å². The number of rotatable bonds is 6. The van der Waals surface area contributed by atoms with Crippen molar-refractivity contribution in [1.29, 1.82) is 0 Å². The first-order valence-electron chi connectivity index (χ1n) is 16.1. The van der Waals surface area contributed by atoms with Crippen LogP contribution >= 0.6 is 11.8 Å². The molecule has 6 atom stereocenters. The highest BCUT2D eigenvalue weighted by Crippen LogP contribution is 2.62. The third-order valence-electron chi connectivity index (χ3n) is 10.1. The standard InChI is InChI=1S/C39H35N3O4S/c43-25-31(28-14-5-2-6-15-28)42-35-38(46)41(30-19-18-27-13-7-8-16-29(27)23-30)22-10-20-39(35)34(37(42)45)33-32(47-39)17-9-21-40(36(33)44)24-26-11-3-1-4-12-26/h1-20,23,31-35,43H,21-22,24-25H2/t31-,32-,33+,34+,35?,39+/m1/s1. The maximum atomic E-state index is 15.1. The predicted molar refractivity (Wildman–Crippen MR) is 184 cm³/mol. The highest BCUT2D eigenvalue weighted by molar-refractivity contribution is 8.02. The van der Waals surface area contributed by atoms with Crippen molar-refractivity contribution in [3.05, 3.63) is 139 Å². The zero-order valence-corrected chi connectivity index (χ0v) is 26.6. The van der Waals surface area contributed by atoms with Crippen LogP contribution in [-0.2, 0) is 20.9 Å². The van der Waals surface area contributed by atoms with E-state index in [2.05, 4.69) is 6.08 Å². The first-order chi connectivity index (χ1) is 23.0. The molecule has 4 heterocycles. The summed E-state index contributed by atoms with van der Waals surface area (Å²) in [5.74, 6) is -1.98. The molecule has 47 heavy (non-hydrogen) atoms. The molecule has 1 spiro atoms. The van der Waals surface area contributed by atoms with E-state index in [1.54, 1.807) is 21.6 Å². The van der Waals surface area contributed by atoms with Gasteiger partial charge in [0.2, 0.25) is 11.8 Å². The van der Waals surface area contributed by atoms with Crippen molar-refractivity contribution in [1.82, 2.24) is 9.80 Å². The molecule has 236 valence electrons. The van der Waals surface area contributed by atoms with Crippen LogP contribution in [0.4, 0.5) is 5.69 Å². The SMILES string of the molecule is O=C1[C@@H]2[C@H]3C(=O)N([C@H](CO)c4ccccc4)C4C(=O)N(c5ccc6ccccc6c5)CC=C[C@@]43S[C@@H]2C=CCN1Cc1ccccc1. The van der Waals surface area contributed by atoms with E-state index >= 15 is 4.79 Å². The molecule has 8 rings (SSSR count). The number of aliphatic hydroxyl groups is 1. The minimum absolute atomic E-state index is 0.0797. The van der Waals surface area contributed by atoms with Crippen molar-refractivity contribution >= 4 is 45.9 Å². The molecule has 1 unspecified atom stereocenters. The molecule has 4 aromatic rings. The molecule has 4 aliphatic heterocycles. The number of fused-ring (bicyclic) bond motifs is 3. The van der Waals surface area contributed by atoms with Gasteiger partial charge in [0.25, 0.3) is 5.91 Å². The van der Waals surface area contributed by atoms with Crippen molar-refractivity contribution in [2.45, 2.75) is 28.6 Å². The van der Waals surface area contributed by atoms with Gasteiger partial charge in [-0.1, -0.05) is 115 Å². The Morgan fingerprint density at radius 3 is 2.28 bits per heavy atom. The van der Waals surface area contributed by atoms with Crippen LogP contribution < -0.4 is 4.90 Å². The van der Waals surface area contributed by atoms with Gasteiger partial charge in [0.05, 0.1) is 29.2 Å². The summed E-state index contributed by atoms with van der Waals surface area (Å²) in [5, 5.41) is 12.7. The molecule has 0 aromatic heterocycles. The molecule has 7 nitrogen and oxygen atoms in total. The number of carbonyl (C=O) groups is 3. The number of thioether (sulfide) groups is 1. The van der Waals surface area contributed by atoms with E-state index in [0.717, 1.165) is 27.6 Å². The third-order valence-corrected chi connectivity index (χ3v) is 11.9. The fourth-order valence-corrected chi connectivity index (χ4v) is 10.0. The van der Waals surface area contributed by atoms with Crippen molar-refractivity contribution in [3.8, 4) is 0 Å². The Morgan fingerprint density at radius 2 is 1.51 bits per heavy atom. The van der Waals surface area contributed by atoms with E-state index in [1.165, 1.54) is 0 Å². The fraction of sp³-hybridized carbons (Fsp3) is 0.256. The molecule has 0 aliphatic carbocycles. The number of benzene rings is 4. The van der Waals surface area contributed by atoms with Crippen LogP contribution in [0, 0.1) is 11.8 Å². The topological polar surface area (TPSA) is 81.2 Å². The number of anilines is 1. The Morgan fingerprint density at radius 1 is 0.787 bits per heavy atom. The second kappa shape index (κ2) is 11.9. The minimum Gasteiger partial charge on any atom is -0.394 e. The fourth-order valence-electron chi connectivity index (χ4n) is 8.02. The smallest absolute Gasteiger partial charge is 0.251 e. The average Bonchev–Trinajstić information content (AvgIpc) is 3.43. The van der Waals surface area contributed by atoms with Gasteiger partial charge in [-0.3, -0.25) is 14.4 Å². The average molecular weight is 642 g/mol. The summed E-state index contributed by atoms with van der Waals surface area (Å²) in [7, 11) is 0. The van der Waals surface area contributed by atoms with Gasteiger partial charge < -0.3 is 19.8 Å². The lowest BCUT2D eigenvalue weighted by Gasteiger charge is -2.38. The lowest BCUT2D eigenvalue weighted by atomic mass is 9.78. The Balaban J connectivity index is 1.24. The molecule has 3 amide bonds. The van der Waals surface area contributed by atoms with Crippen molar-refractivity contribution in [2.75, 3.05) is 24.6 Å². The first kappa shape index (κ1) is 29.7. The Kier molecular flexibility index (Phi) is 7.50. The largest absolute Gasteiger partial charge is 0.394 e. The van der Waals surface area contributed by atoms with E-state index < -0.39 is 28.7 Å². The lowest BCUT2D eigenvalue weighted by molar-refractivity contribution is -0.145. The van der Waals surface area contributed by atoms with Gasteiger partial charge in [-0.25, -0.2) is 0 Å². The molecular weight excluding hydrogens is 607 g/mol. The number of likely N-dealkylation sites (tertiary alicyclic amines) is 1. The van der Waals surface area contributed by atoms with E-state index in [0.29, 0.717) is 19.6 Å². The van der Waals surface area contributed by atoms with Gasteiger partial charge in [-0.15, -0.1) is 11.8 Å². The van der Waals surface area contributed by atoms with Gasteiger partial charge >= 0.3 is 0 Å². The van der Waals surface area contributed by atoms with Crippen molar-refractivity contribution in [2.24, 2.45) is 11.8 Å². The van der Waals surface area contributed by atoms with Crippen LogP contribution in [-0.4, -0.2) is 68.4 Å². The van der Waals surface area contributed by atoms with Crippen LogP contribution in [0.2, 0.25) is 0 Å². The first-order valence-corrected chi connectivity index (χ1v) is 17.0. The summed E-state index contributed by atoms with van der Waals surface area (Å²) >= 11 is 1.56. The minimum atomic E-state index is -0.993. The molecule has 1 N–H and O–H groups in total. The van der Waals surface area contributed by atoms with Gasteiger partial charge in [0.15, 0.2) is 0 Å². The van der Waals surface area contributed by atoms with Crippen molar-refractivity contribution in [3.63, 3.8) is 0 Å². The van der Waals surface area contributed by atoms with Crippen LogP contribution in [0.5, 0.6) is 0 Å². The highest BCUT2D eigenvalue weighted by atomic mass is 32.2. The second-order valence-corrected chi connectivity index (χ2v) is 14.2. The van der Waals surface area contributed by atoms with Crippen LogP contribution in [0.15, 0.2) is 127 Å². The maximum absolute atomic E-state index is 15.1. The molecule has 0 radical (unpaired) electrons. The lowest BCUT2D eigenvalue weighted by Crippen LogP contribution is -2.54. The summed E-state index contributed by atoms with van der Waals surface area (Å²) in [6, 6.07) is 31.6. The number of hydrogen-bond acceptors (Lipinski definition) is 5. The van der Waals surface area contributed by atoms with Gasteiger partial charge in [0.1, 0.15) is 6.04 Å². The Bertz CT molecular complexity index is 1910. The van der Waals surface area contributed by atoms with E-state index in [1.807, 2.05) is 126 Å². The molecule has 8 heteroatoms. The van der Waals surface area contributed by atoms with Gasteiger partial charge in [-0.05, 0) is 34.0 Å². The highest BCUT2D eigenvalue weighted by Gasteiger charge is 2.72. The molecule has 0 saturated carbocycles. The number of amides is 3. The summed E-state index contributed by atoms with van der Waals surface area (Å²) in [4.78, 5) is 49.7. The molecular formula is C39H35N3O4S. The summed E-state index contributed by atoms with van der Waals surface area (Å²) in [5.41, 5.74) is 2.51. The number of aliphatic hydroxyl groups excluding tert-OH is 1. The van der Waals surface area contributed by atoms with Crippen LogP contribution in [0.1, 0.15) is 17.2 Å². The Hall–Kier alpha value is -4.66. The number of nitrogens with zero attached hydrogens (tertiary/aromatic N) is 3. The van der Waals surface area contributed by atoms with Crippen molar-refractivity contribution < 1.29 is 19.5 Å². The summed E-state index contributed by atoms with van der Waals surface area (Å²) in [6.07, 6.45) is 8.10. The maximum Gasteiger partial charge on any atom is 0.251 e. The third kappa shape index (κ3) is 4.81. The molecule has 0 bridgehead atoms. The predicted octanol–water partition coefficient (Wildman–Crippen LogP) is 5.37. The number of carbonyl (C=O) groups excluding carboxylic acids is 3. The second-order valence-electron chi connectivity index (χ2n) is 12.7.